The van der Waals surface area contributed by atoms with Gasteiger partial charge in [-0.3, -0.25) is 4.79 Å². The smallest absolute Gasteiger partial charge is 0.416 e. The van der Waals surface area contributed by atoms with Gasteiger partial charge in [0.15, 0.2) is 0 Å². The monoisotopic (exact) mass is 321 g/mol. The lowest BCUT2D eigenvalue weighted by Gasteiger charge is -2.25. The zero-order valence-corrected chi connectivity index (χ0v) is 12.3. The van der Waals surface area contributed by atoms with Crippen molar-refractivity contribution < 1.29 is 21.2 Å². The topological polar surface area (TPSA) is 95.4 Å². The summed E-state index contributed by atoms with van der Waals surface area (Å²) in [5, 5.41) is 3.32. The molecule has 1 aliphatic heterocycles. The van der Waals surface area contributed by atoms with Gasteiger partial charge in [0.25, 0.3) is 0 Å². The third-order valence-corrected chi connectivity index (χ3v) is 3.53. The van der Waals surface area contributed by atoms with E-state index in [-0.39, 0.29) is 6.61 Å². The molecule has 1 aliphatic rings. The maximum absolute atomic E-state index is 13.0. The van der Waals surface area contributed by atoms with Gasteiger partial charge in [0.05, 0.1) is 6.04 Å². The summed E-state index contributed by atoms with van der Waals surface area (Å²) in [6.07, 6.45) is -2.30. The Morgan fingerprint density at radius 3 is 3.04 bits per heavy atom. The van der Waals surface area contributed by atoms with Crippen molar-refractivity contribution in [1.82, 2.24) is 4.90 Å². The lowest BCUT2D eigenvalue weighted by Crippen LogP contribution is -2.46. The Balaban J connectivity index is 2.33. The first-order chi connectivity index (χ1) is 13.3. The Morgan fingerprint density at radius 1 is 1.61 bits per heavy atom. The average Bonchev–Trinajstić information content (AvgIpc) is 3.01. The van der Waals surface area contributed by atoms with Gasteiger partial charge in [-0.2, -0.15) is 0 Å². The standard InChI is InChI=1S/C16H20N4O3/c1-3-11(2)14(18-19-17)15(21)20-13(10-23-16(20)22)9-12-7-5-4-6-8-12/h4-8,11,13-14H,3,9-10H2,1-2H3/t11-,13+,14-/m0/s1/i1D2,2D2,3D/t3-,11-,13+,14-. The van der Waals surface area contributed by atoms with Gasteiger partial charge in [-0.05, 0) is 23.4 Å². The Labute approximate surface area is 141 Å². The van der Waals surface area contributed by atoms with Crippen LogP contribution >= 0.6 is 0 Å². The first kappa shape index (κ1) is 11.1. The van der Waals surface area contributed by atoms with E-state index in [1.807, 2.05) is 18.2 Å². The van der Waals surface area contributed by atoms with Crippen LogP contribution in [0.25, 0.3) is 10.4 Å². The summed E-state index contributed by atoms with van der Waals surface area (Å²) in [5.41, 5.74) is 9.68. The first-order valence-electron chi connectivity index (χ1n) is 9.85. The highest BCUT2D eigenvalue weighted by Gasteiger charge is 2.41. The van der Waals surface area contributed by atoms with E-state index >= 15 is 0 Å². The van der Waals surface area contributed by atoms with E-state index in [0.717, 1.165) is 10.5 Å². The molecule has 0 aliphatic carbocycles. The molecule has 2 rings (SSSR count). The molecule has 0 N–H and O–H groups in total. The van der Waals surface area contributed by atoms with E-state index in [4.69, 9.17) is 17.1 Å². The minimum absolute atomic E-state index is 0.0673. The molecule has 0 saturated carbocycles. The summed E-state index contributed by atoms with van der Waals surface area (Å²) in [4.78, 5) is 28.5. The molecule has 7 heteroatoms. The van der Waals surface area contributed by atoms with Crippen LogP contribution in [-0.4, -0.2) is 35.6 Å². The lowest BCUT2D eigenvalue weighted by atomic mass is 9.97. The van der Waals surface area contributed by atoms with Crippen molar-refractivity contribution in [3.05, 3.63) is 46.3 Å². The van der Waals surface area contributed by atoms with Gasteiger partial charge in [-0.25, -0.2) is 9.69 Å². The number of nitrogens with zero attached hydrogens (tertiary/aromatic N) is 4. The maximum Gasteiger partial charge on any atom is 0.416 e. The maximum atomic E-state index is 13.0. The molecular weight excluding hydrogens is 296 g/mol. The predicted molar refractivity (Wildman–Crippen MR) is 84.5 cm³/mol. The van der Waals surface area contributed by atoms with Crippen LogP contribution in [0.5, 0.6) is 0 Å². The third-order valence-electron chi connectivity index (χ3n) is 3.53. The molecule has 4 atom stereocenters. The molecule has 0 radical (unpaired) electrons. The number of cyclic esters (lactones) is 1. The second kappa shape index (κ2) is 7.65. The number of carbonyl (C=O) groups excluding carboxylic acids is 2. The molecule has 0 spiro atoms. The minimum Gasteiger partial charge on any atom is -0.447 e. The number of imide groups is 1. The number of rotatable bonds is 6. The number of hydrogen-bond donors (Lipinski definition) is 0. The van der Waals surface area contributed by atoms with E-state index in [9.17, 15) is 9.59 Å². The normalized spacial score (nSPS) is 24.4. The highest BCUT2D eigenvalue weighted by molar-refractivity contribution is 5.96. The van der Waals surface area contributed by atoms with Crippen LogP contribution in [0, 0.1) is 5.92 Å². The average molecular weight is 321 g/mol. The van der Waals surface area contributed by atoms with Gasteiger partial charge in [-0.15, -0.1) is 0 Å². The van der Waals surface area contributed by atoms with E-state index in [2.05, 4.69) is 10.0 Å². The third kappa shape index (κ3) is 3.81. The number of ether oxygens (including phenoxy) is 1. The second-order valence-corrected chi connectivity index (χ2v) is 5.05. The Morgan fingerprint density at radius 2 is 2.39 bits per heavy atom. The van der Waals surface area contributed by atoms with Crippen molar-refractivity contribution >= 4 is 12.0 Å². The number of carbonyl (C=O) groups is 2. The molecule has 23 heavy (non-hydrogen) atoms. The van der Waals surface area contributed by atoms with Crippen LogP contribution in [0.15, 0.2) is 35.4 Å². The molecule has 122 valence electrons. The Hall–Kier alpha value is -2.53. The van der Waals surface area contributed by atoms with Crippen molar-refractivity contribution in [3.63, 3.8) is 0 Å². The van der Waals surface area contributed by atoms with Crippen molar-refractivity contribution in [1.29, 1.82) is 0 Å². The molecule has 1 fully saturated rings. The summed E-state index contributed by atoms with van der Waals surface area (Å²) in [6.45, 7) is -3.65. The molecule has 1 aromatic rings. The fourth-order valence-corrected chi connectivity index (χ4v) is 2.36. The van der Waals surface area contributed by atoms with Gasteiger partial charge in [0, 0.05) is 11.8 Å². The fourth-order valence-electron chi connectivity index (χ4n) is 2.36. The molecular formula is C16H20N4O3. The van der Waals surface area contributed by atoms with E-state index < -0.39 is 50.2 Å². The van der Waals surface area contributed by atoms with Gasteiger partial charge in [-0.1, -0.05) is 55.6 Å². The molecule has 0 aromatic heterocycles. The van der Waals surface area contributed by atoms with Crippen LogP contribution < -0.4 is 0 Å². The molecule has 2 amide bonds. The van der Waals surface area contributed by atoms with Crippen molar-refractivity contribution in [2.24, 2.45) is 11.0 Å². The van der Waals surface area contributed by atoms with E-state index in [1.165, 1.54) is 0 Å². The summed E-state index contributed by atoms with van der Waals surface area (Å²) in [6, 6.07) is 6.63. The second-order valence-electron chi connectivity index (χ2n) is 5.05. The quantitative estimate of drug-likeness (QED) is 0.457. The van der Waals surface area contributed by atoms with Gasteiger partial charge >= 0.3 is 6.09 Å². The molecule has 1 aromatic carbocycles. The summed E-state index contributed by atoms with van der Waals surface area (Å²) in [7, 11) is 0. The van der Waals surface area contributed by atoms with E-state index in [1.54, 1.807) is 12.1 Å². The highest BCUT2D eigenvalue weighted by atomic mass is 16.6. The van der Waals surface area contributed by atoms with Crippen LogP contribution in [0.3, 0.4) is 0 Å². The summed E-state index contributed by atoms with van der Waals surface area (Å²) in [5.74, 6) is -2.54. The van der Waals surface area contributed by atoms with Crippen molar-refractivity contribution in [2.45, 2.75) is 38.7 Å². The molecule has 0 bridgehead atoms. The zero-order chi connectivity index (χ0) is 20.8. The SMILES string of the molecule is [2H]C([2H])[C@H]([C@H](N=[N+]=[N-])C(=O)N1C(=O)OC[C@H]1Cc1ccccc1)[C@@H]([2H])C([2H])[2H]. The minimum atomic E-state index is -1.81. The van der Waals surface area contributed by atoms with Gasteiger partial charge in [0.1, 0.15) is 12.6 Å². The molecule has 0 unspecified atom stereocenters. The first-order valence-corrected chi connectivity index (χ1v) is 6.97. The van der Waals surface area contributed by atoms with E-state index in [0.29, 0.717) is 6.42 Å². The van der Waals surface area contributed by atoms with Crippen LogP contribution in [0.2, 0.25) is 0 Å². The van der Waals surface area contributed by atoms with Crippen molar-refractivity contribution in [2.75, 3.05) is 6.61 Å². The highest BCUT2D eigenvalue weighted by Crippen LogP contribution is 2.22. The van der Waals surface area contributed by atoms with Gasteiger partial charge in [0.2, 0.25) is 5.91 Å². The number of azide groups is 1. The zero-order valence-electron chi connectivity index (χ0n) is 17.3. The predicted octanol–water partition coefficient (Wildman–Crippen LogP) is 3.30. The Kier molecular flexibility index (Phi) is 3.68. The largest absolute Gasteiger partial charge is 0.447 e. The lowest BCUT2D eigenvalue weighted by molar-refractivity contribution is -0.131. The van der Waals surface area contributed by atoms with Crippen LogP contribution in [-0.2, 0) is 16.0 Å². The fraction of sp³-hybridized carbons (Fsp3) is 0.500. The molecule has 1 saturated heterocycles. The molecule has 7 nitrogen and oxygen atoms in total. The number of hydrogen-bond acceptors (Lipinski definition) is 4. The number of benzene rings is 1. The molecule has 1 heterocycles. The van der Waals surface area contributed by atoms with Crippen molar-refractivity contribution in [3.8, 4) is 0 Å². The van der Waals surface area contributed by atoms with Crippen LogP contribution in [0.1, 0.15) is 32.6 Å². The number of amides is 2. The Bertz CT molecular complexity index is 745. The summed E-state index contributed by atoms with van der Waals surface area (Å²) >= 11 is 0. The van der Waals surface area contributed by atoms with Crippen LogP contribution in [0.4, 0.5) is 4.79 Å². The summed E-state index contributed by atoms with van der Waals surface area (Å²) < 4.78 is 42.8. The van der Waals surface area contributed by atoms with Gasteiger partial charge < -0.3 is 4.74 Å².